The smallest absolute Gasteiger partial charge is 0.125 e. The molecule has 0 saturated heterocycles. The molecule has 11 heavy (non-hydrogen) atoms. The second-order valence-corrected chi connectivity index (χ2v) is 3.16. The van der Waals surface area contributed by atoms with Crippen molar-refractivity contribution < 1.29 is 10.2 Å². The molecule has 0 spiro atoms. The van der Waals surface area contributed by atoms with Crippen LogP contribution >= 0.6 is 0 Å². The predicted molar refractivity (Wildman–Crippen MR) is 44.9 cm³/mol. The average molecular weight is 154 g/mol. The monoisotopic (exact) mass is 154 g/mol. The summed E-state index contributed by atoms with van der Waals surface area (Å²) in [5.41, 5.74) is -2.37. The van der Waals surface area contributed by atoms with Crippen molar-refractivity contribution in [1.29, 1.82) is 0 Å². The summed E-state index contributed by atoms with van der Waals surface area (Å²) in [6, 6.07) is 0. The Bertz CT molecular complexity index is 184. The number of rotatable bonds is 3. The van der Waals surface area contributed by atoms with E-state index >= 15 is 0 Å². The van der Waals surface area contributed by atoms with Crippen molar-refractivity contribution in [3.63, 3.8) is 0 Å². The summed E-state index contributed by atoms with van der Waals surface area (Å²) in [6.45, 7) is 6.45. The molecule has 0 amide bonds. The van der Waals surface area contributed by atoms with Gasteiger partial charge in [0.2, 0.25) is 0 Å². The summed E-state index contributed by atoms with van der Waals surface area (Å²) in [4.78, 5) is 0. The second-order valence-electron chi connectivity index (χ2n) is 3.16. The van der Waals surface area contributed by atoms with Crippen molar-refractivity contribution in [2.24, 2.45) is 0 Å². The Morgan fingerprint density at radius 3 is 2.27 bits per heavy atom. The van der Waals surface area contributed by atoms with E-state index in [1.54, 1.807) is 6.92 Å². The molecule has 0 rings (SSSR count). The van der Waals surface area contributed by atoms with E-state index < -0.39 is 11.2 Å². The summed E-state index contributed by atoms with van der Waals surface area (Å²) in [5, 5.41) is 18.8. The first-order chi connectivity index (χ1) is 4.83. The van der Waals surface area contributed by atoms with Crippen LogP contribution in [0.4, 0.5) is 0 Å². The van der Waals surface area contributed by atoms with E-state index in [4.69, 9.17) is 6.42 Å². The first-order valence-corrected chi connectivity index (χ1v) is 3.39. The molecular weight excluding hydrogens is 140 g/mol. The Morgan fingerprint density at radius 2 is 2.00 bits per heavy atom. The minimum atomic E-state index is -1.27. The van der Waals surface area contributed by atoms with Crippen molar-refractivity contribution in [2.45, 2.75) is 31.5 Å². The van der Waals surface area contributed by atoms with Crippen LogP contribution < -0.4 is 0 Å². The molecule has 62 valence electrons. The van der Waals surface area contributed by atoms with Crippen molar-refractivity contribution >= 4 is 0 Å². The van der Waals surface area contributed by atoms with E-state index in [0.717, 1.165) is 0 Å². The summed E-state index contributed by atoms with van der Waals surface area (Å²) < 4.78 is 0. The first-order valence-electron chi connectivity index (χ1n) is 3.39. The molecule has 0 saturated carbocycles. The van der Waals surface area contributed by atoms with E-state index in [1.807, 2.05) is 0 Å². The van der Waals surface area contributed by atoms with Gasteiger partial charge in [-0.1, -0.05) is 12.0 Å². The molecule has 2 heteroatoms. The zero-order chi connectivity index (χ0) is 9.12. The predicted octanol–water partition coefficient (Wildman–Crippen LogP) is 0.698. The quantitative estimate of drug-likeness (QED) is 0.464. The number of hydrogen-bond acceptors (Lipinski definition) is 2. The van der Waals surface area contributed by atoms with Crippen LogP contribution in [0, 0.1) is 12.3 Å². The Balaban J connectivity index is 4.27. The SMILES string of the molecule is C#CC(C)(O)CC(C)(O)C=C. The maximum atomic E-state index is 9.42. The number of aliphatic hydroxyl groups is 2. The minimum absolute atomic E-state index is 0.0972. The fourth-order valence-electron chi connectivity index (χ4n) is 0.820. The van der Waals surface area contributed by atoms with Crippen molar-refractivity contribution in [1.82, 2.24) is 0 Å². The summed E-state index contributed by atoms with van der Waals surface area (Å²) in [7, 11) is 0. The average Bonchev–Trinajstić information content (AvgIpc) is 1.86. The highest BCUT2D eigenvalue weighted by molar-refractivity contribution is 5.09. The van der Waals surface area contributed by atoms with E-state index in [2.05, 4.69) is 12.5 Å². The molecule has 2 atom stereocenters. The first kappa shape index (κ1) is 10.2. The Morgan fingerprint density at radius 1 is 1.55 bits per heavy atom. The van der Waals surface area contributed by atoms with Gasteiger partial charge in [0.25, 0.3) is 0 Å². The van der Waals surface area contributed by atoms with Crippen LogP contribution in [0.5, 0.6) is 0 Å². The molecular formula is C9H14O2. The Labute approximate surface area is 67.6 Å². The van der Waals surface area contributed by atoms with E-state index in [-0.39, 0.29) is 6.42 Å². The molecule has 0 aliphatic heterocycles. The summed E-state index contributed by atoms with van der Waals surface area (Å²) >= 11 is 0. The van der Waals surface area contributed by atoms with Crippen LogP contribution in [0.2, 0.25) is 0 Å². The van der Waals surface area contributed by atoms with Gasteiger partial charge in [-0.05, 0) is 13.8 Å². The molecule has 0 aliphatic carbocycles. The highest BCUT2D eigenvalue weighted by atomic mass is 16.3. The van der Waals surface area contributed by atoms with Crippen LogP contribution in [-0.2, 0) is 0 Å². The lowest BCUT2D eigenvalue weighted by molar-refractivity contribution is 0.0143. The molecule has 2 unspecified atom stereocenters. The Kier molecular flexibility index (Phi) is 2.86. The molecule has 0 aromatic heterocycles. The highest BCUT2D eigenvalue weighted by Gasteiger charge is 2.27. The maximum absolute atomic E-state index is 9.42. The van der Waals surface area contributed by atoms with E-state index in [0.29, 0.717) is 0 Å². The molecule has 0 aromatic rings. The van der Waals surface area contributed by atoms with Gasteiger partial charge in [0.1, 0.15) is 5.60 Å². The lowest BCUT2D eigenvalue weighted by Gasteiger charge is -2.26. The van der Waals surface area contributed by atoms with Gasteiger partial charge < -0.3 is 10.2 Å². The molecule has 2 N–H and O–H groups in total. The van der Waals surface area contributed by atoms with Crippen LogP contribution in [0.1, 0.15) is 20.3 Å². The molecule has 0 fully saturated rings. The van der Waals surface area contributed by atoms with Gasteiger partial charge in [0.15, 0.2) is 0 Å². The van der Waals surface area contributed by atoms with Crippen LogP contribution in [0.3, 0.4) is 0 Å². The van der Waals surface area contributed by atoms with Gasteiger partial charge in [0, 0.05) is 6.42 Å². The summed E-state index contributed by atoms with van der Waals surface area (Å²) in [5.74, 6) is 2.18. The zero-order valence-electron chi connectivity index (χ0n) is 6.96. The maximum Gasteiger partial charge on any atom is 0.125 e. The Hall–Kier alpha value is -0.780. The van der Waals surface area contributed by atoms with Crippen molar-refractivity contribution in [3.05, 3.63) is 12.7 Å². The van der Waals surface area contributed by atoms with Gasteiger partial charge in [-0.2, -0.15) is 0 Å². The number of hydrogen-bond donors (Lipinski definition) is 2. The van der Waals surface area contributed by atoms with E-state index in [9.17, 15) is 10.2 Å². The largest absolute Gasteiger partial charge is 0.386 e. The van der Waals surface area contributed by atoms with Crippen LogP contribution in [0.25, 0.3) is 0 Å². The molecule has 0 radical (unpaired) electrons. The van der Waals surface area contributed by atoms with Gasteiger partial charge in [-0.15, -0.1) is 13.0 Å². The van der Waals surface area contributed by atoms with Crippen molar-refractivity contribution in [2.75, 3.05) is 0 Å². The van der Waals surface area contributed by atoms with Gasteiger partial charge in [-0.3, -0.25) is 0 Å². The van der Waals surface area contributed by atoms with Gasteiger partial charge in [0.05, 0.1) is 5.60 Å². The molecule has 0 bridgehead atoms. The minimum Gasteiger partial charge on any atom is -0.386 e. The normalized spacial score (nSPS) is 21.0. The van der Waals surface area contributed by atoms with Crippen molar-refractivity contribution in [3.8, 4) is 12.3 Å². The zero-order valence-corrected chi connectivity index (χ0v) is 6.96. The molecule has 2 nitrogen and oxygen atoms in total. The fourth-order valence-corrected chi connectivity index (χ4v) is 0.820. The van der Waals surface area contributed by atoms with Crippen LogP contribution in [0.15, 0.2) is 12.7 Å². The third-order valence-electron chi connectivity index (χ3n) is 1.45. The van der Waals surface area contributed by atoms with Gasteiger partial charge >= 0.3 is 0 Å². The van der Waals surface area contributed by atoms with Crippen LogP contribution in [-0.4, -0.2) is 21.4 Å². The topological polar surface area (TPSA) is 40.5 Å². The third kappa shape index (κ3) is 3.82. The van der Waals surface area contributed by atoms with Gasteiger partial charge in [-0.25, -0.2) is 0 Å². The molecule has 0 aromatic carbocycles. The molecule has 0 aliphatic rings. The lowest BCUT2D eigenvalue weighted by atomic mass is 9.90. The second kappa shape index (κ2) is 3.08. The highest BCUT2D eigenvalue weighted by Crippen LogP contribution is 2.20. The summed E-state index contributed by atoms with van der Waals surface area (Å²) in [6.07, 6.45) is 6.48. The molecule has 0 heterocycles. The fraction of sp³-hybridized carbons (Fsp3) is 0.556. The lowest BCUT2D eigenvalue weighted by Crippen LogP contribution is -2.34. The van der Waals surface area contributed by atoms with E-state index in [1.165, 1.54) is 13.0 Å². The third-order valence-corrected chi connectivity index (χ3v) is 1.45. The standard InChI is InChI=1S/C9H14O2/c1-5-8(3,10)7-9(4,11)6-2/h1,6,10-11H,2,7H2,3-4H3. The number of terminal acetylenes is 1.